The Hall–Kier alpha value is -2.47. The average Bonchev–Trinajstić information content (AvgIpc) is 2.57. The summed E-state index contributed by atoms with van der Waals surface area (Å²) in [6.45, 7) is 1.67. The second-order valence-corrected chi connectivity index (χ2v) is 5.97. The number of carbonyl (C=O) groups is 1. The van der Waals surface area contributed by atoms with E-state index < -0.39 is 6.04 Å². The van der Waals surface area contributed by atoms with E-state index in [0.717, 1.165) is 4.47 Å². The molecule has 0 radical (unpaired) electrons. The number of rotatable bonds is 3. The highest BCUT2D eigenvalue weighted by Crippen LogP contribution is 2.22. The fourth-order valence-corrected chi connectivity index (χ4v) is 2.67. The Bertz CT molecular complexity index is 936. The third-order valence-electron chi connectivity index (χ3n) is 3.62. The number of nitrogens with one attached hydrogen (secondary N) is 1. The van der Waals surface area contributed by atoms with E-state index in [4.69, 9.17) is 0 Å². The monoisotopic (exact) mass is 371 g/mol. The highest BCUT2D eigenvalue weighted by molar-refractivity contribution is 9.10. The van der Waals surface area contributed by atoms with Crippen LogP contribution in [0.4, 0.5) is 5.69 Å². The van der Waals surface area contributed by atoms with Crippen molar-refractivity contribution in [2.24, 2.45) is 0 Å². The zero-order valence-corrected chi connectivity index (χ0v) is 13.9. The molecule has 0 aliphatic carbocycles. The third kappa shape index (κ3) is 3.03. The summed E-state index contributed by atoms with van der Waals surface area (Å²) in [5, 5.41) is 3.31. The van der Waals surface area contributed by atoms with Gasteiger partial charge in [-0.1, -0.05) is 24.3 Å². The number of carbonyl (C=O) groups excluding carboxylic acids is 1. The number of fused-ring (bicyclic) bond motifs is 1. The van der Waals surface area contributed by atoms with Gasteiger partial charge in [-0.3, -0.25) is 14.2 Å². The quantitative estimate of drug-likeness (QED) is 0.767. The van der Waals surface area contributed by atoms with Gasteiger partial charge in [-0.2, -0.15) is 0 Å². The van der Waals surface area contributed by atoms with Crippen molar-refractivity contribution < 1.29 is 4.79 Å². The molecule has 1 heterocycles. The molecule has 1 amide bonds. The maximum atomic E-state index is 12.5. The second kappa shape index (κ2) is 6.34. The largest absolute Gasteiger partial charge is 0.323 e. The first-order valence-electron chi connectivity index (χ1n) is 7.09. The molecule has 1 atom stereocenters. The Morgan fingerprint density at radius 2 is 1.87 bits per heavy atom. The standard InChI is InChI=1S/C17H14BrN3O2/c1-11(16(22)20-15-9-5-3-7-13(15)18)21-10-19-14-8-4-2-6-12(14)17(21)23/h2-11H,1H3,(H,20,22)/t11-/m0/s1. The molecular weight excluding hydrogens is 358 g/mol. The van der Waals surface area contributed by atoms with Gasteiger partial charge in [0.2, 0.25) is 5.91 Å². The maximum absolute atomic E-state index is 12.5. The first-order valence-corrected chi connectivity index (χ1v) is 7.88. The van der Waals surface area contributed by atoms with E-state index in [1.807, 2.05) is 24.3 Å². The van der Waals surface area contributed by atoms with Crippen molar-refractivity contribution in [2.75, 3.05) is 5.32 Å². The summed E-state index contributed by atoms with van der Waals surface area (Å²) in [5.41, 5.74) is 1.05. The van der Waals surface area contributed by atoms with Crippen molar-refractivity contribution in [3.63, 3.8) is 0 Å². The molecule has 1 N–H and O–H groups in total. The second-order valence-electron chi connectivity index (χ2n) is 5.12. The lowest BCUT2D eigenvalue weighted by Gasteiger charge is -2.16. The summed E-state index contributed by atoms with van der Waals surface area (Å²) < 4.78 is 2.12. The minimum absolute atomic E-state index is 0.231. The Labute approximate surface area is 141 Å². The number of hydrogen-bond acceptors (Lipinski definition) is 3. The van der Waals surface area contributed by atoms with Crippen LogP contribution < -0.4 is 10.9 Å². The molecule has 0 spiro atoms. The molecule has 0 fully saturated rings. The molecule has 6 heteroatoms. The van der Waals surface area contributed by atoms with Gasteiger partial charge >= 0.3 is 0 Å². The third-order valence-corrected chi connectivity index (χ3v) is 4.31. The molecule has 2 aromatic carbocycles. The predicted octanol–water partition coefficient (Wildman–Crippen LogP) is 3.36. The van der Waals surface area contributed by atoms with Gasteiger partial charge in [0, 0.05) is 4.47 Å². The molecule has 0 saturated heterocycles. The van der Waals surface area contributed by atoms with E-state index in [1.54, 1.807) is 31.2 Å². The minimum atomic E-state index is -0.674. The summed E-state index contributed by atoms with van der Waals surface area (Å²) in [7, 11) is 0. The van der Waals surface area contributed by atoms with Crippen molar-refractivity contribution in [3.05, 3.63) is 69.7 Å². The van der Waals surface area contributed by atoms with E-state index in [2.05, 4.69) is 26.2 Å². The summed E-state index contributed by atoms with van der Waals surface area (Å²) in [4.78, 5) is 29.2. The Balaban J connectivity index is 1.92. The van der Waals surface area contributed by atoms with Crippen molar-refractivity contribution in [1.82, 2.24) is 9.55 Å². The number of hydrogen-bond donors (Lipinski definition) is 1. The first kappa shape index (κ1) is 15.4. The van der Waals surface area contributed by atoms with Crippen molar-refractivity contribution >= 4 is 38.4 Å². The molecule has 116 valence electrons. The smallest absolute Gasteiger partial charge is 0.261 e. The van der Waals surface area contributed by atoms with E-state index in [0.29, 0.717) is 16.6 Å². The zero-order valence-electron chi connectivity index (χ0n) is 12.4. The number of benzene rings is 2. The van der Waals surface area contributed by atoms with Crippen LogP contribution in [0, 0.1) is 0 Å². The lowest BCUT2D eigenvalue weighted by Crippen LogP contribution is -2.31. The predicted molar refractivity (Wildman–Crippen MR) is 93.5 cm³/mol. The van der Waals surface area contributed by atoms with Gasteiger partial charge in [0.1, 0.15) is 6.04 Å². The van der Waals surface area contributed by atoms with Crippen LogP contribution in [-0.2, 0) is 4.79 Å². The molecular formula is C17H14BrN3O2. The van der Waals surface area contributed by atoms with Crippen LogP contribution >= 0.6 is 15.9 Å². The zero-order chi connectivity index (χ0) is 16.4. The molecule has 0 aliphatic rings. The Morgan fingerprint density at radius 1 is 1.17 bits per heavy atom. The number of anilines is 1. The van der Waals surface area contributed by atoms with Crippen molar-refractivity contribution in [1.29, 1.82) is 0 Å². The molecule has 1 aromatic heterocycles. The van der Waals surface area contributed by atoms with E-state index in [-0.39, 0.29) is 11.5 Å². The van der Waals surface area contributed by atoms with Crippen LogP contribution in [0.1, 0.15) is 13.0 Å². The molecule has 0 unspecified atom stereocenters. The van der Waals surface area contributed by atoms with Gasteiger partial charge in [0.25, 0.3) is 5.56 Å². The fourth-order valence-electron chi connectivity index (χ4n) is 2.28. The Kier molecular flexibility index (Phi) is 4.25. The number of amides is 1. The highest BCUT2D eigenvalue weighted by atomic mass is 79.9. The SMILES string of the molecule is C[C@@H](C(=O)Nc1ccccc1Br)n1cnc2ccccc2c1=O. The summed E-state index contributed by atoms with van der Waals surface area (Å²) in [6, 6.07) is 13.7. The van der Waals surface area contributed by atoms with Gasteiger partial charge in [0.15, 0.2) is 0 Å². The first-order chi connectivity index (χ1) is 11.1. The van der Waals surface area contributed by atoms with Crippen LogP contribution in [0.5, 0.6) is 0 Å². The topological polar surface area (TPSA) is 64.0 Å². The Morgan fingerprint density at radius 3 is 2.65 bits per heavy atom. The van der Waals surface area contributed by atoms with Gasteiger partial charge in [0.05, 0.1) is 22.9 Å². The van der Waals surface area contributed by atoms with Gasteiger partial charge < -0.3 is 5.32 Å². The summed E-state index contributed by atoms with van der Waals surface area (Å²) >= 11 is 3.38. The number of aromatic nitrogens is 2. The lowest BCUT2D eigenvalue weighted by atomic mass is 10.2. The van der Waals surface area contributed by atoms with E-state index in [9.17, 15) is 9.59 Å². The van der Waals surface area contributed by atoms with E-state index >= 15 is 0 Å². The maximum Gasteiger partial charge on any atom is 0.261 e. The molecule has 0 saturated carbocycles. The van der Waals surface area contributed by atoms with Crippen LogP contribution in [0.25, 0.3) is 10.9 Å². The van der Waals surface area contributed by atoms with Crippen LogP contribution in [0.2, 0.25) is 0 Å². The number of halogens is 1. The molecule has 5 nitrogen and oxygen atoms in total. The molecule has 3 aromatic rings. The molecule has 0 aliphatic heterocycles. The van der Waals surface area contributed by atoms with Crippen LogP contribution in [0.15, 0.2) is 64.1 Å². The highest BCUT2D eigenvalue weighted by Gasteiger charge is 2.18. The van der Waals surface area contributed by atoms with Gasteiger partial charge in [-0.05, 0) is 47.1 Å². The van der Waals surface area contributed by atoms with Crippen LogP contribution in [-0.4, -0.2) is 15.5 Å². The fraction of sp³-hybridized carbons (Fsp3) is 0.118. The van der Waals surface area contributed by atoms with Crippen molar-refractivity contribution in [3.8, 4) is 0 Å². The van der Waals surface area contributed by atoms with E-state index in [1.165, 1.54) is 10.9 Å². The lowest BCUT2D eigenvalue weighted by molar-refractivity contribution is -0.118. The summed E-state index contributed by atoms with van der Waals surface area (Å²) in [6.07, 6.45) is 1.41. The van der Waals surface area contributed by atoms with Gasteiger partial charge in [-0.25, -0.2) is 4.98 Å². The van der Waals surface area contributed by atoms with Crippen molar-refractivity contribution in [2.45, 2.75) is 13.0 Å². The number of nitrogens with zero attached hydrogens (tertiary/aromatic N) is 2. The molecule has 0 bridgehead atoms. The van der Waals surface area contributed by atoms with Gasteiger partial charge in [-0.15, -0.1) is 0 Å². The molecule has 3 rings (SSSR count). The number of para-hydroxylation sites is 2. The normalized spacial score (nSPS) is 12.1. The summed E-state index contributed by atoms with van der Waals surface area (Å²) in [5.74, 6) is -0.281. The average molecular weight is 372 g/mol. The minimum Gasteiger partial charge on any atom is -0.323 e. The van der Waals surface area contributed by atoms with Crippen LogP contribution in [0.3, 0.4) is 0 Å². The molecule has 23 heavy (non-hydrogen) atoms.